The SMILES string of the molecule is COC(=O)c1ccc(NC(=O)c2cc(Cl)cc(Cl)c2NC(=O)c2ccc(Cl)cc2Cl)cc1. The zero-order valence-electron chi connectivity index (χ0n) is 16.3. The molecule has 2 N–H and O–H groups in total. The highest BCUT2D eigenvalue weighted by Crippen LogP contribution is 2.32. The molecule has 0 atom stereocenters. The summed E-state index contributed by atoms with van der Waals surface area (Å²) in [5.74, 6) is -1.68. The Hall–Kier alpha value is -2.77. The Bertz CT molecular complexity index is 1210. The Balaban J connectivity index is 1.89. The molecule has 0 saturated heterocycles. The van der Waals surface area contributed by atoms with E-state index in [0.29, 0.717) is 16.3 Å². The molecule has 0 spiro atoms. The maximum atomic E-state index is 12.9. The van der Waals surface area contributed by atoms with E-state index in [0.717, 1.165) is 0 Å². The first kappa shape index (κ1) is 23.9. The number of nitrogens with one attached hydrogen (secondary N) is 2. The topological polar surface area (TPSA) is 84.5 Å². The average molecular weight is 512 g/mol. The molecule has 3 rings (SSSR count). The van der Waals surface area contributed by atoms with Crippen LogP contribution in [0.4, 0.5) is 11.4 Å². The van der Waals surface area contributed by atoms with E-state index in [1.165, 1.54) is 61.7 Å². The van der Waals surface area contributed by atoms with Crippen LogP contribution in [0.3, 0.4) is 0 Å². The van der Waals surface area contributed by atoms with Crippen molar-refractivity contribution in [3.05, 3.63) is 91.4 Å². The summed E-state index contributed by atoms with van der Waals surface area (Å²) in [6.45, 7) is 0. The van der Waals surface area contributed by atoms with Crippen LogP contribution in [0.25, 0.3) is 0 Å². The predicted molar refractivity (Wildman–Crippen MR) is 127 cm³/mol. The average Bonchev–Trinajstić information content (AvgIpc) is 2.75. The lowest BCUT2D eigenvalue weighted by molar-refractivity contribution is 0.0600. The van der Waals surface area contributed by atoms with Gasteiger partial charge in [-0.05, 0) is 54.6 Å². The number of halogens is 4. The van der Waals surface area contributed by atoms with Gasteiger partial charge >= 0.3 is 5.97 Å². The number of ether oxygens (including phenoxy) is 1. The highest BCUT2D eigenvalue weighted by molar-refractivity contribution is 6.39. The van der Waals surface area contributed by atoms with Gasteiger partial charge in [0, 0.05) is 15.7 Å². The Morgan fingerprint density at radius 2 is 1.34 bits per heavy atom. The molecular formula is C22H14Cl4N2O4. The van der Waals surface area contributed by atoms with Crippen LogP contribution in [0.5, 0.6) is 0 Å². The number of hydrogen-bond donors (Lipinski definition) is 2. The van der Waals surface area contributed by atoms with Crippen LogP contribution in [0.15, 0.2) is 54.6 Å². The number of carbonyl (C=O) groups is 3. The highest BCUT2D eigenvalue weighted by atomic mass is 35.5. The lowest BCUT2D eigenvalue weighted by atomic mass is 10.1. The van der Waals surface area contributed by atoms with E-state index >= 15 is 0 Å². The molecule has 0 heterocycles. The number of rotatable bonds is 5. The van der Waals surface area contributed by atoms with Crippen molar-refractivity contribution < 1.29 is 19.1 Å². The molecule has 10 heteroatoms. The third-order valence-electron chi connectivity index (χ3n) is 4.28. The first-order chi connectivity index (χ1) is 15.2. The van der Waals surface area contributed by atoms with Crippen molar-refractivity contribution in [3.63, 3.8) is 0 Å². The molecule has 2 amide bonds. The monoisotopic (exact) mass is 510 g/mol. The molecular weight excluding hydrogens is 498 g/mol. The summed E-state index contributed by atoms with van der Waals surface area (Å²) < 4.78 is 4.64. The van der Waals surface area contributed by atoms with Crippen LogP contribution in [0.1, 0.15) is 31.1 Å². The quantitative estimate of drug-likeness (QED) is 0.378. The minimum absolute atomic E-state index is 0.0259. The summed E-state index contributed by atoms with van der Waals surface area (Å²) in [7, 11) is 1.27. The van der Waals surface area contributed by atoms with Crippen LogP contribution in [0.2, 0.25) is 20.1 Å². The Kier molecular flexibility index (Phi) is 7.64. The van der Waals surface area contributed by atoms with Gasteiger partial charge < -0.3 is 15.4 Å². The van der Waals surface area contributed by atoms with Crippen LogP contribution in [0, 0.1) is 0 Å². The maximum absolute atomic E-state index is 12.9. The predicted octanol–water partition coefficient (Wildman–Crippen LogP) is 6.59. The minimum Gasteiger partial charge on any atom is -0.465 e. The molecule has 0 aromatic heterocycles. The van der Waals surface area contributed by atoms with Gasteiger partial charge in [-0.25, -0.2) is 4.79 Å². The fraction of sp³-hybridized carbons (Fsp3) is 0.0455. The van der Waals surface area contributed by atoms with Crippen molar-refractivity contribution in [2.24, 2.45) is 0 Å². The van der Waals surface area contributed by atoms with Crippen molar-refractivity contribution in [2.75, 3.05) is 17.7 Å². The second kappa shape index (κ2) is 10.2. The fourth-order valence-electron chi connectivity index (χ4n) is 2.74. The summed E-state index contributed by atoms with van der Waals surface area (Å²) in [6, 6.07) is 13.2. The molecule has 32 heavy (non-hydrogen) atoms. The molecule has 0 saturated carbocycles. The van der Waals surface area contributed by atoms with E-state index < -0.39 is 17.8 Å². The van der Waals surface area contributed by atoms with Gasteiger partial charge in [-0.1, -0.05) is 46.4 Å². The molecule has 0 unspecified atom stereocenters. The largest absolute Gasteiger partial charge is 0.465 e. The van der Waals surface area contributed by atoms with E-state index in [2.05, 4.69) is 15.4 Å². The van der Waals surface area contributed by atoms with E-state index in [4.69, 9.17) is 46.4 Å². The number of anilines is 2. The van der Waals surface area contributed by atoms with Gasteiger partial charge in [0.05, 0.1) is 39.5 Å². The second-order valence-electron chi connectivity index (χ2n) is 6.41. The van der Waals surface area contributed by atoms with Gasteiger partial charge in [-0.2, -0.15) is 0 Å². The van der Waals surface area contributed by atoms with Crippen LogP contribution in [-0.2, 0) is 4.74 Å². The van der Waals surface area contributed by atoms with Gasteiger partial charge in [0.1, 0.15) is 0 Å². The first-order valence-corrected chi connectivity index (χ1v) is 10.5. The van der Waals surface area contributed by atoms with E-state index in [1.807, 2.05) is 0 Å². The summed E-state index contributed by atoms with van der Waals surface area (Å²) in [4.78, 5) is 37.2. The maximum Gasteiger partial charge on any atom is 0.337 e. The molecule has 0 aliphatic heterocycles. The molecule has 6 nitrogen and oxygen atoms in total. The van der Waals surface area contributed by atoms with Crippen molar-refractivity contribution in [3.8, 4) is 0 Å². The number of benzene rings is 3. The number of amides is 2. The summed E-state index contributed by atoms with van der Waals surface area (Å²) in [5.41, 5.74) is 0.946. The van der Waals surface area contributed by atoms with Gasteiger partial charge in [0.25, 0.3) is 11.8 Å². The molecule has 0 aliphatic carbocycles. The first-order valence-electron chi connectivity index (χ1n) is 8.94. The third-order valence-corrected chi connectivity index (χ3v) is 5.34. The third kappa shape index (κ3) is 5.53. The fourth-order valence-corrected chi connectivity index (χ4v) is 3.78. The zero-order chi connectivity index (χ0) is 23.4. The van der Waals surface area contributed by atoms with Crippen molar-refractivity contribution in [1.29, 1.82) is 0 Å². The molecule has 3 aromatic carbocycles. The van der Waals surface area contributed by atoms with Gasteiger partial charge in [-0.3, -0.25) is 9.59 Å². The Morgan fingerprint density at radius 1 is 0.719 bits per heavy atom. The number of methoxy groups -OCH3 is 1. The summed E-state index contributed by atoms with van der Waals surface area (Å²) in [6.07, 6.45) is 0. The molecule has 164 valence electrons. The zero-order valence-corrected chi connectivity index (χ0v) is 19.4. The van der Waals surface area contributed by atoms with Crippen molar-refractivity contribution >= 4 is 75.6 Å². The lowest BCUT2D eigenvalue weighted by Gasteiger charge is -2.15. The van der Waals surface area contributed by atoms with E-state index in [9.17, 15) is 14.4 Å². The second-order valence-corrected chi connectivity index (χ2v) is 8.10. The molecule has 0 aliphatic rings. The van der Waals surface area contributed by atoms with E-state index in [-0.39, 0.29) is 31.9 Å². The molecule has 0 radical (unpaired) electrons. The Morgan fingerprint density at radius 3 is 1.97 bits per heavy atom. The van der Waals surface area contributed by atoms with Gasteiger partial charge in [0.2, 0.25) is 0 Å². The molecule has 0 fully saturated rings. The van der Waals surface area contributed by atoms with Gasteiger partial charge in [0.15, 0.2) is 0 Å². The number of hydrogen-bond acceptors (Lipinski definition) is 4. The normalized spacial score (nSPS) is 10.4. The molecule has 3 aromatic rings. The van der Waals surface area contributed by atoms with Crippen LogP contribution in [-0.4, -0.2) is 24.9 Å². The minimum atomic E-state index is -0.590. The summed E-state index contributed by atoms with van der Waals surface area (Å²) >= 11 is 24.3. The summed E-state index contributed by atoms with van der Waals surface area (Å²) in [5, 5.41) is 6.03. The van der Waals surface area contributed by atoms with Crippen molar-refractivity contribution in [1.82, 2.24) is 0 Å². The highest BCUT2D eigenvalue weighted by Gasteiger charge is 2.20. The number of carbonyl (C=O) groups excluding carboxylic acids is 3. The molecule has 0 bridgehead atoms. The number of esters is 1. The van der Waals surface area contributed by atoms with Crippen LogP contribution >= 0.6 is 46.4 Å². The van der Waals surface area contributed by atoms with Gasteiger partial charge in [-0.15, -0.1) is 0 Å². The lowest BCUT2D eigenvalue weighted by Crippen LogP contribution is -2.19. The smallest absolute Gasteiger partial charge is 0.337 e. The Labute approximate surface area is 203 Å². The standard InChI is InChI=1S/C22H14Cl4N2O4/c1-32-22(31)11-2-5-14(6-3-11)27-21(30)16-8-13(24)10-18(26)19(16)28-20(29)15-7-4-12(23)9-17(15)25/h2-10H,1H3,(H,27,30)(H,28,29). The van der Waals surface area contributed by atoms with Crippen LogP contribution < -0.4 is 10.6 Å². The van der Waals surface area contributed by atoms with E-state index in [1.54, 1.807) is 0 Å². The van der Waals surface area contributed by atoms with Crippen molar-refractivity contribution in [2.45, 2.75) is 0 Å².